The maximum Gasteiger partial charge on any atom is 0.319 e. The predicted molar refractivity (Wildman–Crippen MR) is 105 cm³/mol. The smallest absolute Gasteiger partial charge is 0.319 e. The third kappa shape index (κ3) is 4.24. The average molecular weight is 369 g/mol. The summed E-state index contributed by atoms with van der Waals surface area (Å²) in [6.45, 7) is 5.88. The number of carbonyl (C=O) groups is 1. The van der Waals surface area contributed by atoms with Crippen molar-refractivity contribution in [2.24, 2.45) is 0 Å². The molecule has 1 aromatic heterocycles. The van der Waals surface area contributed by atoms with Gasteiger partial charge in [-0.1, -0.05) is 29.8 Å². The van der Waals surface area contributed by atoms with Crippen LogP contribution in [0.5, 0.6) is 0 Å². The van der Waals surface area contributed by atoms with E-state index in [2.05, 4.69) is 15.7 Å². The van der Waals surface area contributed by atoms with Crippen molar-refractivity contribution in [2.45, 2.75) is 26.8 Å². The van der Waals surface area contributed by atoms with Crippen LogP contribution < -0.4 is 10.6 Å². The number of hydrogen-bond donors (Lipinski definition) is 2. The molecule has 0 aliphatic rings. The zero-order chi connectivity index (χ0) is 18.7. The number of nitrogens with zero attached hydrogens (tertiary/aromatic N) is 2. The van der Waals surface area contributed by atoms with Gasteiger partial charge in [-0.15, -0.1) is 0 Å². The van der Waals surface area contributed by atoms with E-state index < -0.39 is 0 Å². The number of nitrogens with one attached hydrogen (secondary N) is 2. The molecule has 0 aliphatic carbocycles. The molecule has 0 spiro atoms. The molecule has 3 rings (SSSR count). The molecule has 26 heavy (non-hydrogen) atoms. The molecule has 1 atom stereocenters. The molecule has 0 fully saturated rings. The summed E-state index contributed by atoms with van der Waals surface area (Å²) >= 11 is 5.90. The van der Waals surface area contributed by atoms with Crippen molar-refractivity contribution in [1.29, 1.82) is 0 Å². The van der Waals surface area contributed by atoms with Crippen molar-refractivity contribution in [2.75, 3.05) is 5.32 Å². The number of halogens is 1. The molecule has 2 aromatic carbocycles. The Hall–Kier alpha value is -2.79. The molecule has 3 aromatic rings. The van der Waals surface area contributed by atoms with Gasteiger partial charge in [0.05, 0.1) is 17.4 Å². The number of urea groups is 1. The Bertz CT molecular complexity index is 918. The van der Waals surface area contributed by atoms with E-state index in [1.54, 1.807) is 0 Å². The zero-order valence-electron chi connectivity index (χ0n) is 15.0. The van der Waals surface area contributed by atoms with Gasteiger partial charge in [-0.05, 0) is 62.7 Å². The van der Waals surface area contributed by atoms with Crippen LogP contribution in [0.3, 0.4) is 0 Å². The Labute approximate surface area is 158 Å². The minimum Gasteiger partial charge on any atom is -0.331 e. The number of aryl methyl sites for hydroxylation is 2. The van der Waals surface area contributed by atoms with Crippen LogP contribution in [-0.2, 0) is 0 Å². The molecule has 5 nitrogen and oxygen atoms in total. The first-order valence-corrected chi connectivity index (χ1v) is 8.77. The van der Waals surface area contributed by atoms with Gasteiger partial charge in [0.25, 0.3) is 0 Å². The normalized spacial score (nSPS) is 11.8. The molecule has 0 radical (unpaired) electrons. The van der Waals surface area contributed by atoms with Gasteiger partial charge in [-0.3, -0.25) is 0 Å². The van der Waals surface area contributed by atoms with Crippen LogP contribution >= 0.6 is 11.6 Å². The van der Waals surface area contributed by atoms with Gasteiger partial charge < -0.3 is 10.6 Å². The van der Waals surface area contributed by atoms with Crippen molar-refractivity contribution < 1.29 is 4.79 Å². The summed E-state index contributed by atoms with van der Waals surface area (Å²) in [5, 5.41) is 10.9. The molecular formula is C20H21ClN4O. The Morgan fingerprint density at radius 2 is 1.85 bits per heavy atom. The van der Waals surface area contributed by atoms with Crippen LogP contribution in [0.4, 0.5) is 10.5 Å². The number of hydrogen-bond acceptors (Lipinski definition) is 2. The maximum absolute atomic E-state index is 12.3. The fraction of sp³-hybridized carbons (Fsp3) is 0.200. The Kier molecular flexibility index (Phi) is 5.28. The first-order chi connectivity index (χ1) is 12.4. The first kappa shape index (κ1) is 18.0. The summed E-state index contributed by atoms with van der Waals surface area (Å²) in [5.41, 5.74) is 4.59. The molecule has 0 bridgehead atoms. The van der Waals surface area contributed by atoms with E-state index in [1.165, 1.54) is 0 Å². The number of aromatic nitrogens is 2. The second kappa shape index (κ2) is 7.62. The molecule has 2 amide bonds. The highest BCUT2D eigenvalue weighted by atomic mass is 35.5. The summed E-state index contributed by atoms with van der Waals surface area (Å²) in [6, 6.07) is 16.6. The van der Waals surface area contributed by atoms with E-state index in [4.69, 9.17) is 11.6 Å². The van der Waals surface area contributed by atoms with Crippen molar-refractivity contribution in [3.63, 3.8) is 0 Å². The van der Waals surface area contributed by atoms with Crippen molar-refractivity contribution >= 4 is 23.3 Å². The number of carbonyl (C=O) groups excluding carboxylic acids is 1. The SMILES string of the molecule is Cc1cc(C)n(-c2cccc(NC(=O)NC(C)c3ccc(Cl)cc3)c2)n1. The van der Waals surface area contributed by atoms with Gasteiger partial charge in [0, 0.05) is 16.4 Å². The molecule has 0 saturated heterocycles. The standard InChI is InChI=1S/C20H21ClN4O/c1-13-11-14(2)25(24-13)19-6-4-5-18(12-19)23-20(26)22-15(3)16-7-9-17(21)10-8-16/h4-12,15H,1-3H3,(H2,22,23,26). The summed E-state index contributed by atoms with van der Waals surface area (Å²) in [5.74, 6) is 0. The van der Waals surface area contributed by atoms with Crippen LogP contribution in [0.25, 0.3) is 5.69 Å². The van der Waals surface area contributed by atoms with E-state index in [9.17, 15) is 4.79 Å². The van der Waals surface area contributed by atoms with E-state index >= 15 is 0 Å². The Morgan fingerprint density at radius 3 is 2.50 bits per heavy atom. The van der Waals surface area contributed by atoms with Gasteiger partial charge >= 0.3 is 6.03 Å². The van der Waals surface area contributed by atoms with E-state index in [1.807, 2.05) is 80.1 Å². The predicted octanol–water partition coefficient (Wildman–Crippen LogP) is 5.03. The van der Waals surface area contributed by atoms with Gasteiger partial charge in [0.15, 0.2) is 0 Å². The average Bonchev–Trinajstić information content (AvgIpc) is 2.94. The largest absolute Gasteiger partial charge is 0.331 e. The molecule has 0 saturated carbocycles. The monoisotopic (exact) mass is 368 g/mol. The third-order valence-electron chi connectivity index (χ3n) is 4.08. The summed E-state index contributed by atoms with van der Waals surface area (Å²) in [7, 11) is 0. The molecule has 1 unspecified atom stereocenters. The van der Waals surface area contributed by atoms with Gasteiger partial charge in [0.2, 0.25) is 0 Å². The second-order valence-electron chi connectivity index (χ2n) is 6.26. The highest BCUT2D eigenvalue weighted by molar-refractivity contribution is 6.30. The molecular weight excluding hydrogens is 348 g/mol. The van der Waals surface area contributed by atoms with E-state index in [0.717, 1.165) is 22.6 Å². The molecule has 6 heteroatoms. The third-order valence-corrected chi connectivity index (χ3v) is 4.33. The highest BCUT2D eigenvalue weighted by Crippen LogP contribution is 2.18. The minimum absolute atomic E-state index is 0.133. The lowest BCUT2D eigenvalue weighted by atomic mass is 10.1. The van der Waals surface area contributed by atoms with Gasteiger partial charge in [-0.2, -0.15) is 5.10 Å². The van der Waals surface area contributed by atoms with Gasteiger partial charge in [-0.25, -0.2) is 9.48 Å². The summed E-state index contributed by atoms with van der Waals surface area (Å²) < 4.78 is 1.86. The Morgan fingerprint density at radius 1 is 1.12 bits per heavy atom. The first-order valence-electron chi connectivity index (χ1n) is 8.39. The van der Waals surface area contributed by atoms with Crippen molar-refractivity contribution in [3.8, 4) is 5.69 Å². The molecule has 0 aliphatic heterocycles. The van der Waals surface area contributed by atoms with Crippen LogP contribution in [0.1, 0.15) is 29.9 Å². The number of rotatable bonds is 4. The zero-order valence-corrected chi connectivity index (χ0v) is 15.7. The van der Waals surface area contributed by atoms with Gasteiger partial charge in [0.1, 0.15) is 0 Å². The van der Waals surface area contributed by atoms with Crippen molar-refractivity contribution in [3.05, 3.63) is 76.6 Å². The van der Waals surface area contributed by atoms with E-state index in [-0.39, 0.29) is 12.1 Å². The fourth-order valence-electron chi connectivity index (χ4n) is 2.80. The quantitative estimate of drug-likeness (QED) is 0.678. The number of anilines is 1. The summed E-state index contributed by atoms with van der Waals surface area (Å²) in [4.78, 5) is 12.3. The molecule has 1 heterocycles. The Balaban J connectivity index is 1.68. The molecule has 134 valence electrons. The lowest BCUT2D eigenvalue weighted by Gasteiger charge is -2.15. The highest BCUT2D eigenvalue weighted by Gasteiger charge is 2.10. The van der Waals surface area contributed by atoms with E-state index in [0.29, 0.717) is 10.7 Å². The second-order valence-corrected chi connectivity index (χ2v) is 6.70. The maximum atomic E-state index is 12.3. The number of amides is 2. The minimum atomic E-state index is -0.266. The van der Waals surface area contributed by atoms with Crippen LogP contribution in [0.2, 0.25) is 5.02 Å². The van der Waals surface area contributed by atoms with Crippen LogP contribution in [0, 0.1) is 13.8 Å². The molecule has 2 N–H and O–H groups in total. The van der Waals surface area contributed by atoms with Crippen LogP contribution in [-0.4, -0.2) is 15.8 Å². The lowest BCUT2D eigenvalue weighted by molar-refractivity contribution is 0.249. The fourth-order valence-corrected chi connectivity index (χ4v) is 2.93. The lowest BCUT2D eigenvalue weighted by Crippen LogP contribution is -2.31. The van der Waals surface area contributed by atoms with Crippen LogP contribution in [0.15, 0.2) is 54.6 Å². The number of benzene rings is 2. The van der Waals surface area contributed by atoms with Crippen molar-refractivity contribution in [1.82, 2.24) is 15.1 Å². The topological polar surface area (TPSA) is 59.0 Å². The summed E-state index contributed by atoms with van der Waals surface area (Å²) in [6.07, 6.45) is 0.